The molecule has 2 aliphatic heterocycles. The Morgan fingerprint density at radius 3 is 2.04 bits per heavy atom. The summed E-state index contributed by atoms with van der Waals surface area (Å²) in [6, 6.07) is 13.5. The van der Waals surface area contributed by atoms with Crippen LogP contribution in [0.4, 0.5) is 0 Å². The highest BCUT2D eigenvalue weighted by Gasteiger charge is 2.50. The van der Waals surface area contributed by atoms with Crippen molar-refractivity contribution in [2.45, 2.75) is 62.8 Å². The Bertz CT molecular complexity index is 1400. The summed E-state index contributed by atoms with van der Waals surface area (Å²) >= 11 is 6.36. The van der Waals surface area contributed by atoms with Crippen molar-refractivity contribution in [2.75, 3.05) is 33.7 Å². The van der Waals surface area contributed by atoms with Crippen molar-refractivity contribution in [3.05, 3.63) is 64.2 Å². The lowest BCUT2D eigenvalue weighted by Gasteiger charge is -2.41. The average molecular weight is 649 g/mol. The number of nitrogens with zero attached hydrogens (tertiary/aromatic N) is 2. The van der Waals surface area contributed by atoms with Gasteiger partial charge in [0.15, 0.2) is 5.60 Å². The van der Waals surface area contributed by atoms with Crippen LogP contribution in [-0.2, 0) is 41.5 Å². The zero-order chi connectivity index (χ0) is 33.7. The number of ether oxygens (including phenoxy) is 1. The van der Waals surface area contributed by atoms with E-state index in [2.05, 4.69) is 43.0 Å². The first kappa shape index (κ1) is 35.8. The molecule has 0 saturated carbocycles. The van der Waals surface area contributed by atoms with Crippen molar-refractivity contribution in [1.29, 1.82) is 0 Å². The minimum atomic E-state index is -2.74. The highest BCUT2D eigenvalue weighted by molar-refractivity contribution is 6.31. The second kappa shape index (κ2) is 14.2. The Balaban J connectivity index is 0.000000360. The van der Waals surface area contributed by atoms with Crippen molar-refractivity contribution >= 4 is 35.4 Å². The molecule has 0 aromatic heterocycles. The van der Waals surface area contributed by atoms with Crippen LogP contribution in [0.2, 0.25) is 5.02 Å². The highest BCUT2D eigenvalue weighted by Crippen LogP contribution is 2.51. The Morgan fingerprint density at radius 1 is 0.978 bits per heavy atom. The number of carbonyl (C=O) groups excluding carboxylic acids is 1. The molecule has 4 rings (SSSR count). The van der Waals surface area contributed by atoms with Gasteiger partial charge in [0.25, 0.3) is 0 Å². The predicted octanol–water partition coefficient (Wildman–Crippen LogP) is 3.30. The largest absolute Gasteiger partial charge is 0.508 e. The summed E-state index contributed by atoms with van der Waals surface area (Å²) in [5.41, 5.74) is 0.137. The third-order valence-electron chi connectivity index (χ3n) is 8.23. The Kier molecular flexibility index (Phi) is 11.2. The van der Waals surface area contributed by atoms with Gasteiger partial charge >= 0.3 is 17.9 Å². The van der Waals surface area contributed by atoms with Gasteiger partial charge in [0, 0.05) is 38.8 Å². The van der Waals surface area contributed by atoms with Crippen molar-refractivity contribution in [1.82, 2.24) is 9.80 Å². The summed E-state index contributed by atoms with van der Waals surface area (Å²) in [6.45, 7) is 6.70. The fraction of sp³-hybridized carbons (Fsp3) is 0.500. The van der Waals surface area contributed by atoms with E-state index in [9.17, 15) is 24.3 Å². The number of fused-ring (bicyclic) bond motifs is 2. The molecule has 12 nitrogen and oxygen atoms in total. The topological polar surface area (TPSA) is 185 Å². The van der Waals surface area contributed by atoms with E-state index in [0.717, 1.165) is 31.5 Å². The average Bonchev–Trinajstić information content (AvgIpc) is 3.16. The minimum Gasteiger partial charge on any atom is -0.508 e. The van der Waals surface area contributed by atoms with Crippen LogP contribution in [0.25, 0.3) is 0 Å². The molecule has 45 heavy (non-hydrogen) atoms. The van der Waals surface area contributed by atoms with E-state index < -0.39 is 36.4 Å². The number of benzene rings is 2. The third-order valence-corrected chi connectivity index (χ3v) is 8.60. The molecule has 2 heterocycles. The number of carbonyl (C=O) groups is 4. The maximum absolute atomic E-state index is 13.0. The first-order valence-electron chi connectivity index (χ1n) is 14.5. The molecule has 246 valence electrons. The van der Waals surface area contributed by atoms with E-state index in [0.29, 0.717) is 18.0 Å². The minimum absolute atomic E-state index is 0.0771. The van der Waals surface area contributed by atoms with Crippen LogP contribution in [0.1, 0.15) is 56.2 Å². The molecule has 5 N–H and O–H groups in total. The number of phenols is 1. The monoisotopic (exact) mass is 648 g/mol. The molecular formula is C32H41ClN2O10. The lowest BCUT2D eigenvalue weighted by atomic mass is 9.82. The van der Waals surface area contributed by atoms with Gasteiger partial charge < -0.3 is 40.1 Å². The summed E-state index contributed by atoms with van der Waals surface area (Å²) < 4.78 is 6.66. The van der Waals surface area contributed by atoms with Crippen molar-refractivity contribution in [3.8, 4) is 5.75 Å². The van der Waals surface area contributed by atoms with Gasteiger partial charge in [-0.25, -0.2) is 4.79 Å². The fourth-order valence-corrected chi connectivity index (χ4v) is 6.27. The van der Waals surface area contributed by atoms with Crippen molar-refractivity contribution < 1.29 is 49.4 Å². The summed E-state index contributed by atoms with van der Waals surface area (Å²) in [6.07, 6.45) is 0.0217. The number of aliphatic hydroxyl groups is 1. The molecule has 1 fully saturated rings. The molecule has 1 spiro atoms. The SMILES string of the molecule is CN(C)C(=O)C(Cc1cc(O)ccc1Cl)CN1CCC2(CC1)OC(C)(C)c1ccccc12.O=C(O)CC(O)(CC(=O)O)C(=O)O. The van der Waals surface area contributed by atoms with Crippen LogP contribution in [0.5, 0.6) is 5.75 Å². The van der Waals surface area contributed by atoms with E-state index in [1.165, 1.54) is 11.1 Å². The maximum atomic E-state index is 13.0. The Hall–Kier alpha value is -3.71. The van der Waals surface area contributed by atoms with Gasteiger partial charge in [0.05, 0.1) is 30.0 Å². The zero-order valence-electron chi connectivity index (χ0n) is 25.8. The summed E-state index contributed by atoms with van der Waals surface area (Å²) in [5, 5.41) is 44.3. The van der Waals surface area contributed by atoms with Crippen LogP contribution in [0.15, 0.2) is 42.5 Å². The number of aliphatic carboxylic acids is 3. The van der Waals surface area contributed by atoms with E-state index in [1.807, 2.05) is 0 Å². The number of hydrogen-bond donors (Lipinski definition) is 5. The number of rotatable bonds is 10. The first-order valence-corrected chi connectivity index (χ1v) is 14.9. The van der Waals surface area contributed by atoms with Crippen LogP contribution >= 0.6 is 11.6 Å². The van der Waals surface area contributed by atoms with E-state index >= 15 is 0 Å². The zero-order valence-corrected chi connectivity index (χ0v) is 26.6. The van der Waals surface area contributed by atoms with Gasteiger partial charge in [-0.3, -0.25) is 14.4 Å². The Morgan fingerprint density at radius 2 is 1.53 bits per heavy atom. The summed E-state index contributed by atoms with van der Waals surface area (Å²) in [4.78, 5) is 47.5. The number of piperidine rings is 1. The molecule has 1 amide bonds. The van der Waals surface area contributed by atoms with Gasteiger partial charge in [-0.2, -0.15) is 0 Å². The fourth-order valence-electron chi connectivity index (χ4n) is 6.08. The number of carboxylic acids is 3. The number of likely N-dealkylation sites (tertiary alicyclic amines) is 1. The second-order valence-corrected chi connectivity index (χ2v) is 12.7. The quantitative estimate of drug-likeness (QED) is 0.255. The molecule has 2 aromatic rings. The van der Waals surface area contributed by atoms with Crippen LogP contribution < -0.4 is 0 Å². The van der Waals surface area contributed by atoms with Gasteiger partial charge in [0.1, 0.15) is 5.75 Å². The number of phenolic OH excluding ortho intramolecular Hbond substituents is 1. The number of aromatic hydroxyl groups is 1. The van der Waals surface area contributed by atoms with Gasteiger partial charge in [0.2, 0.25) is 5.91 Å². The first-order chi connectivity index (χ1) is 20.9. The number of halogens is 1. The molecule has 1 saturated heterocycles. The standard InChI is InChI=1S/C26H33ClN2O3.C6H8O7/c1-25(2)21-7-5-6-8-22(21)26(32-25)11-13-29(14-12-26)17-19(24(31)28(3)4)15-18-16-20(30)9-10-23(18)27;7-3(8)1-6(13,5(11)12)2-4(9)10/h5-10,16,19,30H,11-15,17H2,1-4H3;13H,1-2H2,(H,7,8)(H,9,10)(H,11,12). The molecule has 0 radical (unpaired) electrons. The lowest BCUT2D eigenvalue weighted by Crippen LogP contribution is -2.47. The summed E-state index contributed by atoms with van der Waals surface area (Å²) in [7, 11) is 3.58. The molecule has 2 aliphatic rings. The number of amides is 1. The van der Waals surface area contributed by atoms with Crippen molar-refractivity contribution in [2.24, 2.45) is 5.92 Å². The third kappa shape index (κ3) is 8.72. The lowest BCUT2D eigenvalue weighted by molar-refractivity contribution is -0.170. The normalized spacial score (nSPS) is 17.5. The predicted molar refractivity (Wildman–Crippen MR) is 164 cm³/mol. The van der Waals surface area contributed by atoms with Crippen LogP contribution in [-0.4, -0.2) is 98.5 Å². The number of carboxylic acid groups (broad SMARTS) is 3. The van der Waals surface area contributed by atoms with E-state index in [4.69, 9.17) is 36.8 Å². The molecule has 13 heteroatoms. The molecule has 1 atom stereocenters. The van der Waals surface area contributed by atoms with Crippen molar-refractivity contribution in [3.63, 3.8) is 0 Å². The van der Waals surface area contributed by atoms with Gasteiger partial charge in [-0.1, -0.05) is 35.9 Å². The summed E-state index contributed by atoms with van der Waals surface area (Å²) in [5.74, 6) is -5.01. The molecule has 0 bridgehead atoms. The second-order valence-electron chi connectivity index (χ2n) is 12.3. The van der Waals surface area contributed by atoms with E-state index in [1.54, 1.807) is 37.2 Å². The highest BCUT2D eigenvalue weighted by atomic mass is 35.5. The number of hydrogen-bond acceptors (Lipinski definition) is 8. The molecular weight excluding hydrogens is 608 g/mol. The van der Waals surface area contributed by atoms with Crippen LogP contribution in [0, 0.1) is 5.92 Å². The molecule has 2 aromatic carbocycles. The van der Waals surface area contributed by atoms with E-state index in [-0.39, 0.29) is 28.8 Å². The Labute approximate surface area is 266 Å². The smallest absolute Gasteiger partial charge is 0.336 e. The van der Waals surface area contributed by atoms with Gasteiger partial charge in [-0.15, -0.1) is 0 Å². The molecule has 1 unspecified atom stereocenters. The van der Waals surface area contributed by atoms with Crippen LogP contribution in [0.3, 0.4) is 0 Å². The maximum Gasteiger partial charge on any atom is 0.336 e. The van der Waals surface area contributed by atoms with Gasteiger partial charge in [-0.05, 0) is 68.0 Å². The molecule has 0 aliphatic carbocycles.